The molecule has 0 radical (unpaired) electrons. The van der Waals surface area contributed by atoms with Crippen LogP contribution in [0, 0.1) is 11.6 Å². The maximum atomic E-state index is 13.2. The highest BCUT2D eigenvalue weighted by Crippen LogP contribution is 2.20. The van der Waals surface area contributed by atoms with E-state index in [1.54, 1.807) is 6.92 Å². The molecule has 0 aliphatic heterocycles. The molecule has 1 rings (SSSR count). The normalized spacial score (nSPS) is 14.2. The number of hydrogen-bond donors (Lipinski definition) is 2. The predicted molar refractivity (Wildman–Crippen MR) is 56.8 cm³/mol. The van der Waals surface area contributed by atoms with Gasteiger partial charge in [0.1, 0.15) is 11.6 Å². The predicted octanol–water partition coefficient (Wildman–Crippen LogP) is 2.16. The lowest BCUT2D eigenvalue weighted by Gasteiger charge is -2.18. The van der Waals surface area contributed by atoms with Gasteiger partial charge in [-0.3, -0.25) is 0 Å². The van der Waals surface area contributed by atoms with Gasteiger partial charge in [-0.05, 0) is 24.6 Å². The molecule has 5 heteroatoms. The van der Waals surface area contributed by atoms with Crippen LogP contribution in [-0.2, 0) is 0 Å². The summed E-state index contributed by atoms with van der Waals surface area (Å²) in [5, 5.41) is 9.38. The zero-order chi connectivity index (χ0) is 10.7. The summed E-state index contributed by atoms with van der Waals surface area (Å²) in [6.45, 7) is 1.72. The van der Waals surface area contributed by atoms with Gasteiger partial charge in [0.25, 0.3) is 0 Å². The molecule has 0 fully saturated rings. The van der Waals surface area contributed by atoms with Crippen LogP contribution in [0.4, 0.5) is 8.78 Å². The van der Waals surface area contributed by atoms with Gasteiger partial charge in [0.05, 0.1) is 12.1 Å². The van der Waals surface area contributed by atoms with Crippen molar-refractivity contribution < 1.29 is 13.9 Å². The summed E-state index contributed by atoms with van der Waals surface area (Å²) >= 11 is 0. The van der Waals surface area contributed by atoms with E-state index in [-0.39, 0.29) is 18.0 Å². The van der Waals surface area contributed by atoms with Crippen molar-refractivity contribution in [3.8, 4) is 0 Å². The smallest absolute Gasteiger partial charge is 0.128 e. The van der Waals surface area contributed by atoms with E-state index in [4.69, 9.17) is 5.73 Å². The van der Waals surface area contributed by atoms with E-state index >= 15 is 0 Å². The van der Waals surface area contributed by atoms with Crippen molar-refractivity contribution in [3.05, 3.63) is 35.4 Å². The number of hydrogen-bond acceptors (Lipinski definition) is 2. The number of aliphatic hydroxyl groups is 1. The average Bonchev–Trinajstić information content (AvgIpc) is 2.19. The molecule has 3 N–H and O–H groups in total. The van der Waals surface area contributed by atoms with E-state index in [0.29, 0.717) is 6.42 Å². The quantitative estimate of drug-likeness (QED) is 0.846. The second-order valence-electron chi connectivity index (χ2n) is 3.17. The van der Waals surface area contributed by atoms with Crippen molar-refractivity contribution in [1.29, 1.82) is 0 Å². The number of rotatable bonds is 3. The molecule has 2 nitrogen and oxygen atoms in total. The van der Waals surface area contributed by atoms with Gasteiger partial charge >= 0.3 is 0 Å². The maximum Gasteiger partial charge on any atom is 0.128 e. The van der Waals surface area contributed by atoms with Crippen LogP contribution in [0.5, 0.6) is 0 Å². The van der Waals surface area contributed by atoms with Crippen LogP contribution in [0.15, 0.2) is 18.2 Å². The Kier molecular flexibility index (Phi) is 5.72. The average molecular weight is 238 g/mol. The number of halogens is 3. The third kappa shape index (κ3) is 3.41. The van der Waals surface area contributed by atoms with Gasteiger partial charge < -0.3 is 10.8 Å². The van der Waals surface area contributed by atoms with Crippen molar-refractivity contribution >= 4 is 12.4 Å². The Morgan fingerprint density at radius 2 is 2.00 bits per heavy atom. The highest BCUT2D eigenvalue weighted by Gasteiger charge is 2.18. The first-order valence-corrected chi connectivity index (χ1v) is 4.44. The number of benzene rings is 1. The fourth-order valence-corrected chi connectivity index (χ4v) is 1.23. The SMILES string of the molecule is CC[C@H](O)[C@H](N)c1cc(F)ccc1F.Cl. The third-order valence-electron chi connectivity index (χ3n) is 2.15. The Bertz CT molecular complexity index is 322. The molecule has 0 unspecified atom stereocenters. The molecule has 1 aromatic carbocycles. The summed E-state index contributed by atoms with van der Waals surface area (Å²) in [5.74, 6) is -1.15. The molecule has 86 valence electrons. The Balaban J connectivity index is 0.00000196. The minimum absolute atomic E-state index is 0. The van der Waals surface area contributed by atoms with Gasteiger partial charge in [-0.2, -0.15) is 0 Å². The Labute approximate surface area is 93.5 Å². The second-order valence-corrected chi connectivity index (χ2v) is 3.17. The van der Waals surface area contributed by atoms with Crippen LogP contribution >= 0.6 is 12.4 Å². The maximum absolute atomic E-state index is 13.2. The van der Waals surface area contributed by atoms with Crippen molar-refractivity contribution in [2.75, 3.05) is 0 Å². The Hall–Kier alpha value is -0.710. The molecule has 0 bridgehead atoms. The van der Waals surface area contributed by atoms with Gasteiger partial charge in [0.2, 0.25) is 0 Å². The first kappa shape index (κ1) is 14.3. The standard InChI is InChI=1S/C10H13F2NO.ClH/c1-2-9(14)10(13)7-5-6(11)3-4-8(7)12;/h3-5,9-10,14H,2,13H2,1H3;1H/t9-,10+;/m0./s1. The molecule has 15 heavy (non-hydrogen) atoms. The van der Waals surface area contributed by atoms with Gasteiger partial charge in [-0.1, -0.05) is 6.92 Å². The number of aliphatic hydroxyl groups excluding tert-OH is 1. The van der Waals surface area contributed by atoms with Crippen molar-refractivity contribution in [1.82, 2.24) is 0 Å². The van der Waals surface area contributed by atoms with Gasteiger partial charge in [-0.15, -0.1) is 12.4 Å². The first-order valence-electron chi connectivity index (χ1n) is 4.44. The van der Waals surface area contributed by atoms with Gasteiger partial charge in [0.15, 0.2) is 0 Å². The van der Waals surface area contributed by atoms with Crippen molar-refractivity contribution in [3.63, 3.8) is 0 Å². The molecule has 1 aromatic rings. The van der Waals surface area contributed by atoms with E-state index in [1.807, 2.05) is 0 Å². The minimum Gasteiger partial charge on any atom is -0.391 e. The van der Waals surface area contributed by atoms with Crippen LogP contribution in [0.2, 0.25) is 0 Å². The molecule has 0 saturated carbocycles. The fourth-order valence-electron chi connectivity index (χ4n) is 1.23. The van der Waals surface area contributed by atoms with E-state index in [1.165, 1.54) is 0 Å². The lowest BCUT2D eigenvalue weighted by Crippen LogP contribution is -2.26. The van der Waals surface area contributed by atoms with Crippen LogP contribution < -0.4 is 5.73 Å². The zero-order valence-corrected chi connectivity index (χ0v) is 9.10. The lowest BCUT2D eigenvalue weighted by atomic mass is 10.00. The fraction of sp³-hybridized carbons (Fsp3) is 0.400. The van der Waals surface area contributed by atoms with Crippen LogP contribution in [0.3, 0.4) is 0 Å². The molecule has 0 spiro atoms. The van der Waals surface area contributed by atoms with Crippen molar-refractivity contribution in [2.45, 2.75) is 25.5 Å². The summed E-state index contributed by atoms with van der Waals surface area (Å²) < 4.78 is 25.9. The molecule has 0 saturated heterocycles. The molecular weight excluding hydrogens is 224 g/mol. The summed E-state index contributed by atoms with van der Waals surface area (Å²) in [6, 6.07) is 2.16. The van der Waals surface area contributed by atoms with E-state index < -0.39 is 23.8 Å². The van der Waals surface area contributed by atoms with Gasteiger partial charge in [0, 0.05) is 5.56 Å². The van der Waals surface area contributed by atoms with Gasteiger partial charge in [-0.25, -0.2) is 8.78 Å². The third-order valence-corrected chi connectivity index (χ3v) is 2.15. The monoisotopic (exact) mass is 237 g/mol. The molecular formula is C10H14ClF2NO. The lowest BCUT2D eigenvalue weighted by molar-refractivity contribution is 0.139. The Morgan fingerprint density at radius 1 is 1.40 bits per heavy atom. The highest BCUT2D eigenvalue weighted by molar-refractivity contribution is 5.85. The minimum atomic E-state index is -0.879. The van der Waals surface area contributed by atoms with E-state index in [0.717, 1.165) is 18.2 Å². The van der Waals surface area contributed by atoms with Crippen LogP contribution in [-0.4, -0.2) is 11.2 Å². The van der Waals surface area contributed by atoms with Crippen molar-refractivity contribution in [2.24, 2.45) is 5.73 Å². The topological polar surface area (TPSA) is 46.2 Å². The highest BCUT2D eigenvalue weighted by atomic mass is 35.5. The largest absolute Gasteiger partial charge is 0.391 e. The molecule has 2 atom stereocenters. The Morgan fingerprint density at radius 3 is 2.53 bits per heavy atom. The molecule has 0 heterocycles. The summed E-state index contributed by atoms with van der Waals surface area (Å²) in [6.07, 6.45) is -0.455. The van der Waals surface area contributed by atoms with E-state index in [9.17, 15) is 13.9 Å². The van der Waals surface area contributed by atoms with Crippen LogP contribution in [0.25, 0.3) is 0 Å². The molecule has 0 amide bonds. The molecule has 0 aliphatic carbocycles. The second kappa shape index (κ2) is 6.00. The summed E-state index contributed by atoms with van der Waals surface area (Å²) in [4.78, 5) is 0. The zero-order valence-electron chi connectivity index (χ0n) is 8.28. The summed E-state index contributed by atoms with van der Waals surface area (Å²) in [7, 11) is 0. The first-order chi connectivity index (χ1) is 6.56. The number of nitrogens with two attached hydrogens (primary N) is 1. The van der Waals surface area contributed by atoms with E-state index in [2.05, 4.69) is 0 Å². The molecule has 0 aliphatic rings. The van der Waals surface area contributed by atoms with Crippen LogP contribution in [0.1, 0.15) is 24.9 Å². The molecule has 0 aromatic heterocycles. The summed E-state index contributed by atoms with van der Waals surface area (Å²) in [5.41, 5.74) is 5.58.